The molecule has 0 atom stereocenters. The van der Waals surface area contributed by atoms with Crippen LogP contribution in [0, 0.1) is 0 Å². The van der Waals surface area contributed by atoms with Crippen molar-refractivity contribution in [3.63, 3.8) is 0 Å². The zero-order chi connectivity index (χ0) is 20.4. The summed E-state index contributed by atoms with van der Waals surface area (Å²) >= 11 is 0. The van der Waals surface area contributed by atoms with Crippen LogP contribution in [0.5, 0.6) is 0 Å². The average Bonchev–Trinajstić information content (AvgIpc) is 3.17. The zero-order valence-electron chi connectivity index (χ0n) is 12.2. The Bertz CT molecular complexity index is 900. The molecule has 16 heteroatoms. The van der Waals surface area contributed by atoms with E-state index in [0.717, 1.165) is 0 Å². The molecule has 0 saturated heterocycles. The number of hydrogen-bond donors (Lipinski definition) is 2. The molecule has 0 radical (unpaired) electrons. The molecule has 146 valence electrons. The number of aromatic amines is 2. The predicted molar refractivity (Wildman–Crippen MR) is 72.4 cm³/mol. The Morgan fingerprint density at radius 2 is 1.58 bits per heavy atom. The van der Waals surface area contributed by atoms with Crippen LogP contribution in [0.15, 0.2) is 41.7 Å². The van der Waals surface area contributed by atoms with E-state index >= 15 is 0 Å². The van der Waals surface area contributed by atoms with Gasteiger partial charge in [0.25, 0.3) is 19.7 Å². The standard InChI is InChI=1S/C5H2F6N2O4S2.C5H6N2/c6-4(7,8)18(14,15)2-3(13-1-12-2)19(16,17)5(9,10)11;1-2-7-4-3-6-5-7/h1H,(H,12,13);2-5H,1H2/p+1. The summed E-state index contributed by atoms with van der Waals surface area (Å²) in [6.07, 6.45) is 7.34. The van der Waals surface area contributed by atoms with Crippen LogP contribution < -0.4 is 4.57 Å². The van der Waals surface area contributed by atoms with Gasteiger partial charge < -0.3 is 4.98 Å². The lowest BCUT2D eigenvalue weighted by Gasteiger charge is -2.09. The number of imidazole rings is 2. The molecule has 26 heavy (non-hydrogen) atoms. The van der Waals surface area contributed by atoms with Gasteiger partial charge in [0.2, 0.25) is 11.4 Å². The number of aromatic nitrogens is 4. The summed E-state index contributed by atoms with van der Waals surface area (Å²) in [4.78, 5) is 6.60. The second-order valence-corrected chi connectivity index (χ2v) is 7.91. The van der Waals surface area contributed by atoms with E-state index < -0.39 is 40.7 Å². The van der Waals surface area contributed by atoms with Gasteiger partial charge in [-0.15, -0.1) is 0 Å². The fraction of sp³-hybridized carbons (Fsp3) is 0.200. The first-order valence-corrected chi connectivity index (χ1v) is 8.95. The lowest BCUT2D eigenvalue weighted by molar-refractivity contribution is -0.566. The first-order valence-electron chi connectivity index (χ1n) is 5.98. The van der Waals surface area contributed by atoms with E-state index in [1.807, 2.05) is 23.3 Å². The summed E-state index contributed by atoms with van der Waals surface area (Å²) in [5.74, 6) is 0. The number of hydrogen-bond acceptors (Lipinski definition) is 5. The van der Waals surface area contributed by atoms with E-state index in [-0.39, 0.29) is 6.33 Å². The lowest BCUT2D eigenvalue weighted by Crippen LogP contribution is -2.29. The van der Waals surface area contributed by atoms with Gasteiger partial charge in [0.1, 0.15) is 12.4 Å². The number of nitrogens with zero attached hydrogens (tertiary/aromatic N) is 2. The van der Waals surface area contributed by atoms with Crippen molar-refractivity contribution >= 4 is 25.9 Å². The molecule has 2 heterocycles. The number of rotatable bonds is 3. The van der Waals surface area contributed by atoms with E-state index in [0.29, 0.717) is 0 Å². The van der Waals surface area contributed by atoms with Crippen molar-refractivity contribution in [3.05, 3.63) is 31.6 Å². The summed E-state index contributed by atoms with van der Waals surface area (Å²) in [6, 6.07) is 0. The van der Waals surface area contributed by atoms with Crippen LogP contribution in [0.25, 0.3) is 6.20 Å². The molecule has 0 aliphatic heterocycles. The van der Waals surface area contributed by atoms with Gasteiger partial charge in [0.15, 0.2) is 5.03 Å². The summed E-state index contributed by atoms with van der Waals surface area (Å²) in [6.45, 7) is 3.55. The maximum atomic E-state index is 12.1. The second kappa shape index (κ2) is 7.10. The maximum Gasteiger partial charge on any atom is 0.503 e. The summed E-state index contributed by atoms with van der Waals surface area (Å²) in [5.41, 5.74) is -12.0. The van der Waals surface area contributed by atoms with Crippen LogP contribution in [-0.2, 0) is 19.7 Å². The Kier molecular flexibility index (Phi) is 5.92. The molecule has 0 unspecified atom stereocenters. The molecule has 0 saturated carbocycles. The van der Waals surface area contributed by atoms with Crippen molar-refractivity contribution in [1.29, 1.82) is 0 Å². The monoisotopic (exact) mass is 427 g/mol. The average molecular weight is 427 g/mol. The summed E-state index contributed by atoms with van der Waals surface area (Å²) in [5, 5.41) is -4.44. The fourth-order valence-electron chi connectivity index (χ4n) is 1.29. The molecule has 0 aliphatic carbocycles. The molecule has 0 fully saturated rings. The minimum absolute atomic E-state index is 0.0945. The fourth-order valence-corrected chi connectivity index (χ4v) is 3.39. The Hall–Kier alpha value is -2.36. The first-order chi connectivity index (χ1) is 11.7. The summed E-state index contributed by atoms with van der Waals surface area (Å²) < 4.78 is 118. The molecule has 2 rings (SSSR count). The topological polar surface area (TPSA) is 117 Å². The van der Waals surface area contributed by atoms with Crippen molar-refractivity contribution in [2.45, 2.75) is 21.1 Å². The van der Waals surface area contributed by atoms with Crippen LogP contribution in [0.4, 0.5) is 26.3 Å². The highest BCUT2D eigenvalue weighted by molar-refractivity contribution is 7.95. The van der Waals surface area contributed by atoms with Crippen molar-refractivity contribution in [2.24, 2.45) is 0 Å². The highest BCUT2D eigenvalue weighted by Gasteiger charge is 2.55. The quantitative estimate of drug-likeness (QED) is 0.567. The number of halogens is 6. The van der Waals surface area contributed by atoms with Crippen molar-refractivity contribution < 1.29 is 47.7 Å². The van der Waals surface area contributed by atoms with E-state index in [1.54, 1.807) is 6.20 Å². The van der Waals surface area contributed by atoms with Gasteiger partial charge in [0.05, 0.1) is 12.5 Å². The van der Waals surface area contributed by atoms with Crippen molar-refractivity contribution in [2.75, 3.05) is 0 Å². The molecule has 0 spiro atoms. The minimum Gasteiger partial charge on any atom is -0.334 e. The Labute approximate surface area is 142 Å². The van der Waals surface area contributed by atoms with E-state index in [9.17, 15) is 43.2 Å². The van der Waals surface area contributed by atoms with Gasteiger partial charge in [-0.3, -0.25) is 0 Å². The van der Waals surface area contributed by atoms with Crippen LogP contribution in [-0.4, -0.2) is 42.8 Å². The highest BCUT2D eigenvalue weighted by atomic mass is 32.2. The smallest absolute Gasteiger partial charge is 0.334 e. The zero-order valence-corrected chi connectivity index (χ0v) is 13.8. The number of alkyl halides is 6. The number of H-pyrrole nitrogens is 2. The van der Waals surface area contributed by atoms with E-state index in [4.69, 9.17) is 0 Å². The van der Waals surface area contributed by atoms with E-state index in [2.05, 4.69) is 16.5 Å². The van der Waals surface area contributed by atoms with Gasteiger partial charge >= 0.3 is 11.0 Å². The normalized spacial score (nSPS) is 13.0. The molecule has 2 N–H and O–H groups in total. The van der Waals surface area contributed by atoms with Gasteiger partial charge in [-0.05, 0) is 0 Å². The van der Waals surface area contributed by atoms with E-state index in [1.165, 1.54) is 4.98 Å². The maximum absolute atomic E-state index is 12.1. The van der Waals surface area contributed by atoms with Gasteiger partial charge in [-0.2, -0.15) is 26.3 Å². The van der Waals surface area contributed by atoms with Gasteiger partial charge in [-0.25, -0.2) is 31.4 Å². The third-order valence-corrected chi connectivity index (χ3v) is 5.50. The minimum atomic E-state index is -6.33. The van der Waals surface area contributed by atoms with Crippen molar-refractivity contribution in [3.8, 4) is 0 Å². The number of nitrogens with one attached hydrogen (secondary N) is 2. The molecule has 0 aliphatic rings. The van der Waals surface area contributed by atoms with Crippen molar-refractivity contribution in [1.82, 2.24) is 15.0 Å². The molecule has 0 bridgehead atoms. The molecular formula is C10H9F6N4O4S2+. The Balaban J connectivity index is 0.000000401. The number of sulfone groups is 2. The third kappa shape index (κ3) is 4.24. The Morgan fingerprint density at radius 3 is 1.92 bits per heavy atom. The van der Waals surface area contributed by atoms with Crippen LogP contribution in [0.2, 0.25) is 0 Å². The van der Waals surface area contributed by atoms with Gasteiger partial charge in [-0.1, -0.05) is 6.58 Å². The Morgan fingerprint density at radius 1 is 1.04 bits per heavy atom. The van der Waals surface area contributed by atoms with Crippen LogP contribution >= 0.6 is 0 Å². The first kappa shape index (κ1) is 21.7. The lowest BCUT2D eigenvalue weighted by atomic mass is 10.9. The summed E-state index contributed by atoms with van der Waals surface area (Å²) in [7, 11) is -12.6. The third-order valence-electron chi connectivity index (χ3n) is 2.48. The molecule has 2 aromatic heterocycles. The largest absolute Gasteiger partial charge is 0.503 e. The molecular weight excluding hydrogens is 418 g/mol. The molecule has 2 aromatic rings. The SMILES string of the molecule is C=C[n+]1cc[nH]c1.O=S(=O)(c1nc[nH]c1S(=O)(=O)C(F)(F)F)C(F)(F)F. The predicted octanol–water partition coefficient (Wildman–Crippen LogP) is 1.40. The molecule has 0 aromatic carbocycles. The van der Waals surface area contributed by atoms with Crippen LogP contribution in [0.1, 0.15) is 0 Å². The van der Waals surface area contributed by atoms with Gasteiger partial charge in [0, 0.05) is 0 Å². The highest BCUT2D eigenvalue weighted by Crippen LogP contribution is 2.36. The molecule has 8 nitrogen and oxygen atoms in total. The van der Waals surface area contributed by atoms with Crippen LogP contribution in [0.3, 0.4) is 0 Å². The second-order valence-electron chi connectivity index (χ2n) is 4.18. The molecule has 0 amide bonds.